The molecule has 1 aromatic rings. The summed E-state index contributed by atoms with van der Waals surface area (Å²) in [6.45, 7) is 5.01. The summed E-state index contributed by atoms with van der Waals surface area (Å²) in [5.41, 5.74) is 1.23. The molecule has 0 atom stereocenters. The van der Waals surface area contributed by atoms with Crippen molar-refractivity contribution in [2.45, 2.75) is 13.8 Å². The summed E-state index contributed by atoms with van der Waals surface area (Å²) in [4.78, 5) is 0. The van der Waals surface area contributed by atoms with E-state index in [4.69, 9.17) is 29.1 Å². The number of hydrogen-bond donors (Lipinski definition) is 2. The Kier molecular flexibility index (Phi) is 5.20. The highest BCUT2D eigenvalue weighted by molar-refractivity contribution is 7.80. The van der Waals surface area contributed by atoms with Gasteiger partial charge >= 0.3 is 0 Å². The summed E-state index contributed by atoms with van der Waals surface area (Å²) >= 11 is 11.1. The monoisotopic (exact) mass is 267 g/mol. The molecule has 0 spiro atoms. The van der Waals surface area contributed by atoms with Gasteiger partial charge in [0.2, 0.25) is 0 Å². The van der Waals surface area contributed by atoms with E-state index in [-0.39, 0.29) is 0 Å². The largest absolute Gasteiger partial charge is 0.362 e. The van der Waals surface area contributed by atoms with Gasteiger partial charge in [-0.05, 0) is 36.3 Å². The molecule has 0 aromatic heterocycles. The highest BCUT2D eigenvalue weighted by Crippen LogP contribution is 2.22. The molecule has 0 unspecified atom stereocenters. The van der Waals surface area contributed by atoms with Crippen molar-refractivity contribution in [2.75, 3.05) is 11.9 Å². The minimum Gasteiger partial charge on any atom is -0.362 e. The standard InChI is InChI=1S/C12H14ClN3S/c1-8(2)7-15-12(17)16-11-4-3-9(6-14)5-10(11)13/h3-5,8H,7H2,1-2H3,(H2,15,16,17). The van der Waals surface area contributed by atoms with Gasteiger partial charge in [-0.2, -0.15) is 5.26 Å². The first kappa shape index (κ1) is 13.8. The van der Waals surface area contributed by atoms with Crippen LogP contribution in [0.1, 0.15) is 19.4 Å². The van der Waals surface area contributed by atoms with Crippen LogP contribution in [0.3, 0.4) is 0 Å². The Morgan fingerprint density at radius 2 is 2.24 bits per heavy atom. The Balaban J connectivity index is 2.63. The maximum absolute atomic E-state index is 8.71. The Morgan fingerprint density at radius 3 is 2.76 bits per heavy atom. The molecule has 3 nitrogen and oxygen atoms in total. The molecular formula is C12H14ClN3S. The molecule has 0 aliphatic rings. The van der Waals surface area contributed by atoms with Crippen molar-refractivity contribution in [3.8, 4) is 6.07 Å². The quantitative estimate of drug-likeness (QED) is 0.826. The lowest BCUT2D eigenvalue weighted by Gasteiger charge is -2.13. The third-order valence-electron chi connectivity index (χ3n) is 2.02. The van der Waals surface area contributed by atoms with Crippen LogP contribution in [0.15, 0.2) is 18.2 Å². The number of rotatable bonds is 3. The Hall–Kier alpha value is -1.31. The van der Waals surface area contributed by atoms with E-state index in [1.54, 1.807) is 18.2 Å². The van der Waals surface area contributed by atoms with E-state index in [1.165, 1.54) is 0 Å². The molecule has 0 radical (unpaired) electrons. The highest BCUT2D eigenvalue weighted by Gasteiger charge is 2.04. The van der Waals surface area contributed by atoms with Crippen LogP contribution in [0.4, 0.5) is 5.69 Å². The fourth-order valence-corrected chi connectivity index (χ4v) is 1.57. The molecular weight excluding hydrogens is 254 g/mol. The van der Waals surface area contributed by atoms with Crippen LogP contribution in [0.2, 0.25) is 5.02 Å². The van der Waals surface area contributed by atoms with Crippen molar-refractivity contribution in [2.24, 2.45) is 5.92 Å². The zero-order chi connectivity index (χ0) is 12.8. The van der Waals surface area contributed by atoms with Crippen LogP contribution in [0.5, 0.6) is 0 Å². The molecule has 90 valence electrons. The number of thiocarbonyl (C=S) groups is 1. The van der Waals surface area contributed by atoms with Crippen molar-refractivity contribution in [3.63, 3.8) is 0 Å². The van der Waals surface area contributed by atoms with Gasteiger partial charge in [0.1, 0.15) is 0 Å². The van der Waals surface area contributed by atoms with E-state index < -0.39 is 0 Å². The van der Waals surface area contributed by atoms with Crippen LogP contribution in [-0.4, -0.2) is 11.7 Å². The maximum Gasteiger partial charge on any atom is 0.170 e. The number of benzene rings is 1. The van der Waals surface area contributed by atoms with E-state index in [2.05, 4.69) is 24.5 Å². The lowest BCUT2D eigenvalue weighted by atomic mass is 10.2. The molecule has 0 bridgehead atoms. The first-order valence-corrected chi connectivity index (χ1v) is 6.06. The van der Waals surface area contributed by atoms with Gasteiger partial charge in [0.25, 0.3) is 0 Å². The second kappa shape index (κ2) is 6.43. The number of halogens is 1. The molecule has 0 heterocycles. The van der Waals surface area contributed by atoms with Crippen LogP contribution in [-0.2, 0) is 0 Å². The third-order valence-corrected chi connectivity index (χ3v) is 2.58. The van der Waals surface area contributed by atoms with Gasteiger partial charge in [-0.15, -0.1) is 0 Å². The number of nitrogens with zero attached hydrogens (tertiary/aromatic N) is 1. The van der Waals surface area contributed by atoms with Gasteiger partial charge in [0, 0.05) is 6.54 Å². The normalized spacial score (nSPS) is 9.82. The predicted octanol–water partition coefficient (Wildman–Crippen LogP) is 3.15. The zero-order valence-corrected chi connectivity index (χ0v) is 11.3. The number of anilines is 1. The molecule has 1 aromatic carbocycles. The van der Waals surface area contributed by atoms with Gasteiger partial charge in [0.15, 0.2) is 5.11 Å². The Labute approximate surface area is 112 Å². The molecule has 0 aliphatic carbocycles. The lowest BCUT2D eigenvalue weighted by molar-refractivity contribution is 0.627. The number of hydrogen-bond acceptors (Lipinski definition) is 2. The Bertz CT molecular complexity index is 452. The summed E-state index contributed by atoms with van der Waals surface area (Å²) in [5, 5.41) is 15.8. The van der Waals surface area contributed by atoms with Gasteiger partial charge in [-0.3, -0.25) is 0 Å². The summed E-state index contributed by atoms with van der Waals surface area (Å²) < 4.78 is 0. The van der Waals surface area contributed by atoms with Crippen molar-refractivity contribution in [3.05, 3.63) is 28.8 Å². The van der Waals surface area contributed by atoms with Crippen LogP contribution in [0, 0.1) is 17.2 Å². The average Bonchev–Trinajstić information content (AvgIpc) is 2.29. The Morgan fingerprint density at radius 1 is 1.53 bits per heavy atom. The van der Waals surface area contributed by atoms with E-state index in [9.17, 15) is 0 Å². The third kappa shape index (κ3) is 4.59. The molecule has 5 heteroatoms. The molecule has 17 heavy (non-hydrogen) atoms. The fraction of sp³-hybridized carbons (Fsp3) is 0.333. The van der Waals surface area contributed by atoms with Crippen molar-refractivity contribution in [1.82, 2.24) is 5.32 Å². The van der Waals surface area contributed by atoms with Gasteiger partial charge in [-0.1, -0.05) is 25.4 Å². The molecule has 2 N–H and O–H groups in total. The lowest BCUT2D eigenvalue weighted by Crippen LogP contribution is -2.31. The summed E-state index contributed by atoms with van der Waals surface area (Å²) in [6, 6.07) is 7.07. The number of nitriles is 1. The molecule has 0 aliphatic heterocycles. The van der Waals surface area contributed by atoms with Gasteiger partial charge < -0.3 is 10.6 Å². The van der Waals surface area contributed by atoms with Crippen molar-refractivity contribution in [1.29, 1.82) is 5.26 Å². The predicted molar refractivity (Wildman–Crippen MR) is 75.2 cm³/mol. The smallest absolute Gasteiger partial charge is 0.170 e. The molecule has 0 saturated heterocycles. The van der Waals surface area contributed by atoms with Gasteiger partial charge in [0.05, 0.1) is 22.3 Å². The van der Waals surface area contributed by atoms with Crippen molar-refractivity contribution >= 4 is 34.6 Å². The van der Waals surface area contributed by atoms with E-state index >= 15 is 0 Å². The van der Waals surface area contributed by atoms with E-state index in [0.29, 0.717) is 27.3 Å². The van der Waals surface area contributed by atoms with Crippen molar-refractivity contribution < 1.29 is 0 Å². The fourth-order valence-electron chi connectivity index (χ4n) is 1.15. The second-order valence-corrected chi connectivity index (χ2v) is 4.85. The highest BCUT2D eigenvalue weighted by atomic mass is 35.5. The summed E-state index contributed by atoms with van der Waals surface area (Å²) in [7, 11) is 0. The summed E-state index contributed by atoms with van der Waals surface area (Å²) in [6.07, 6.45) is 0. The van der Waals surface area contributed by atoms with Gasteiger partial charge in [-0.25, -0.2) is 0 Å². The minimum absolute atomic E-state index is 0.484. The molecule has 0 saturated carbocycles. The first-order valence-electron chi connectivity index (χ1n) is 5.27. The van der Waals surface area contributed by atoms with Crippen LogP contribution >= 0.6 is 23.8 Å². The molecule has 0 amide bonds. The van der Waals surface area contributed by atoms with Crippen LogP contribution < -0.4 is 10.6 Å². The SMILES string of the molecule is CC(C)CNC(=S)Nc1ccc(C#N)cc1Cl. The maximum atomic E-state index is 8.71. The first-order chi connectivity index (χ1) is 8.02. The topological polar surface area (TPSA) is 47.8 Å². The zero-order valence-electron chi connectivity index (χ0n) is 9.75. The van der Waals surface area contributed by atoms with E-state index in [1.807, 2.05) is 6.07 Å². The second-order valence-electron chi connectivity index (χ2n) is 4.04. The molecule has 0 fully saturated rings. The average molecular weight is 268 g/mol. The molecule has 1 rings (SSSR count). The minimum atomic E-state index is 0.484. The van der Waals surface area contributed by atoms with Crippen LogP contribution in [0.25, 0.3) is 0 Å². The van der Waals surface area contributed by atoms with E-state index in [0.717, 1.165) is 6.54 Å². The number of nitrogens with one attached hydrogen (secondary N) is 2. The summed E-state index contributed by atoms with van der Waals surface area (Å²) in [5.74, 6) is 0.520.